The Kier molecular flexibility index (Phi) is 3.97. The van der Waals surface area contributed by atoms with Crippen LogP contribution in [-0.2, 0) is 4.79 Å². The van der Waals surface area contributed by atoms with Crippen LogP contribution in [0.1, 0.15) is 31.7 Å². The van der Waals surface area contributed by atoms with E-state index in [4.69, 9.17) is 0 Å². The Morgan fingerprint density at radius 3 is 2.94 bits per heavy atom. The summed E-state index contributed by atoms with van der Waals surface area (Å²) in [6, 6.07) is 3.82. The highest BCUT2D eigenvalue weighted by Crippen LogP contribution is 2.32. The van der Waals surface area contributed by atoms with Crippen LogP contribution in [0.4, 0.5) is 5.82 Å². The number of hydrogen-bond donors (Lipinski definition) is 2. The van der Waals surface area contributed by atoms with Crippen LogP contribution in [-0.4, -0.2) is 24.0 Å². The van der Waals surface area contributed by atoms with Gasteiger partial charge in [-0.25, -0.2) is 4.98 Å². The molecule has 4 nitrogen and oxygen atoms in total. The molecule has 2 N–H and O–H groups in total. The summed E-state index contributed by atoms with van der Waals surface area (Å²) in [4.78, 5) is 16.6. The first-order chi connectivity index (χ1) is 8.66. The number of carbonyl (C=O) groups is 1. The van der Waals surface area contributed by atoms with E-state index in [0.29, 0.717) is 5.82 Å². The van der Waals surface area contributed by atoms with Gasteiger partial charge in [-0.1, -0.05) is 19.4 Å². The van der Waals surface area contributed by atoms with Crippen LogP contribution in [0, 0.1) is 12.3 Å². The van der Waals surface area contributed by atoms with Crippen molar-refractivity contribution in [1.29, 1.82) is 0 Å². The van der Waals surface area contributed by atoms with E-state index in [-0.39, 0.29) is 11.3 Å². The van der Waals surface area contributed by atoms with Gasteiger partial charge in [0.05, 0.1) is 5.41 Å². The fourth-order valence-corrected chi connectivity index (χ4v) is 2.53. The fourth-order valence-electron chi connectivity index (χ4n) is 2.53. The fraction of sp³-hybridized carbons (Fsp3) is 0.571. The molecule has 1 aromatic heterocycles. The molecule has 2 rings (SSSR count). The van der Waals surface area contributed by atoms with Gasteiger partial charge in [0.15, 0.2) is 0 Å². The van der Waals surface area contributed by atoms with Crippen LogP contribution in [0.15, 0.2) is 18.3 Å². The number of pyridine rings is 1. The van der Waals surface area contributed by atoms with Gasteiger partial charge in [-0.2, -0.15) is 0 Å². The third kappa shape index (κ3) is 2.70. The maximum absolute atomic E-state index is 12.4. The lowest BCUT2D eigenvalue weighted by molar-refractivity contribution is -0.125. The van der Waals surface area contributed by atoms with Crippen LogP contribution in [0.25, 0.3) is 0 Å². The Balaban J connectivity index is 2.07. The van der Waals surface area contributed by atoms with Crippen LogP contribution < -0.4 is 10.6 Å². The molecular weight excluding hydrogens is 226 g/mol. The van der Waals surface area contributed by atoms with Gasteiger partial charge in [-0.05, 0) is 37.9 Å². The molecule has 0 aliphatic carbocycles. The first-order valence-corrected chi connectivity index (χ1v) is 6.61. The Hall–Kier alpha value is -1.42. The van der Waals surface area contributed by atoms with Crippen molar-refractivity contribution in [3.8, 4) is 0 Å². The van der Waals surface area contributed by atoms with Gasteiger partial charge in [0.25, 0.3) is 0 Å². The molecule has 0 saturated carbocycles. The lowest BCUT2D eigenvalue weighted by Crippen LogP contribution is -2.38. The van der Waals surface area contributed by atoms with Gasteiger partial charge in [0.2, 0.25) is 5.91 Å². The zero-order valence-electron chi connectivity index (χ0n) is 11.1. The summed E-state index contributed by atoms with van der Waals surface area (Å²) in [7, 11) is 0. The molecular formula is C14H21N3O. The minimum Gasteiger partial charge on any atom is -0.316 e. The molecule has 0 spiro atoms. The van der Waals surface area contributed by atoms with Crippen LogP contribution in [0.3, 0.4) is 0 Å². The first kappa shape index (κ1) is 13.0. The molecule has 0 bridgehead atoms. The van der Waals surface area contributed by atoms with Gasteiger partial charge in [0, 0.05) is 12.7 Å². The largest absolute Gasteiger partial charge is 0.316 e. The van der Waals surface area contributed by atoms with Crippen molar-refractivity contribution in [2.45, 2.75) is 33.1 Å². The van der Waals surface area contributed by atoms with Gasteiger partial charge >= 0.3 is 0 Å². The van der Waals surface area contributed by atoms with E-state index in [1.807, 2.05) is 19.1 Å². The number of aryl methyl sites for hydroxylation is 1. The number of aromatic nitrogens is 1. The summed E-state index contributed by atoms with van der Waals surface area (Å²) < 4.78 is 0. The number of hydrogen-bond acceptors (Lipinski definition) is 3. The number of anilines is 1. The van der Waals surface area contributed by atoms with Crippen molar-refractivity contribution in [1.82, 2.24) is 10.3 Å². The zero-order chi connectivity index (χ0) is 13.0. The summed E-state index contributed by atoms with van der Waals surface area (Å²) >= 11 is 0. The molecule has 1 saturated heterocycles. The molecule has 0 aromatic carbocycles. The predicted octanol–water partition coefficient (Wildman–Crippen LogP) is 2.11. The van der Waals surface area contributed by atoms with Crippen molar-refractivity contribution in [2.75, 3.05) is 18.4 Å². The number of amides is 1. The van der Waals surface area contributed by atoms with E-state index in [2.05, 4.69) is 22.5 Å². The minimum atomic E-state index is -0.249. The molecule has 1 amide bonds. The number of nitrogens with zero attached hydrogens (tertiary/aromatic N) is 1. The second-order valence-corrected chi connectivity index (χ2v) is 5.13. The lowest BCUT2D eigenvalue weighted by Gasteiger charge is -2.26. The second-order valence-electron chi connectivity index (χ2n) is 5.13. The Morgan fingerprint density at radius 2 is 2.39 bits per heavy atom. The van der Waals surface area contributed by atoms with Gasteiger partial charge in [-0.3, -0.25) is 4.79 Å². The van der Waals surface area contributed by atoms with E-state index < -0.39 is 0 Å². The molecule has 2 heterocycles. The third-order valence-corrected chi connectivity index (χ3v) is 3.61. The van der Waals surface area contributed by atoms with E-state index in [0.717, 1.165) is 37.9 Å². The quantitative estimate of drug-likeness (QED) is 0.856. The number of rotatable bonds is 4. The second kappa shape index (κ2) is 5.48. The van der Waals surface area contributed by atoms with Crippen molar-refractivity contribution in [3.05, 3.63) is 23.9 Å². The van der Waals surface area contributed by atoms with Crippen LogP contribution in [0.2, 0.25) is 0 Å². The van der Waals surface area contributed by atoms with E-state index in [9.17, 15) is 4.79 Å². The summed E-state index contributed by atoms with van der Waals surface area (Å²) in [5.41, 5.74) is 0.847. The highest BCUT2D eigenvalue weighted by molar-refractivity contribution is 5.95. The maximum Gasteiger partial charge on any atom is 0.233 e. The number of carbonyl (C=O) groups excluding carboxylic acids is 1. The predicted molar refractivity (Wildman–Crippen MR) is 72.4 cm³/mol. The minimum absolute atomic E-state index is 0.103. The standard InChI is InChI=1S/C14H21N3O/c1-3-6-14(7-8-15-10-14)13(18)17-12-5-4-11(2)9-16-12/h4-5,9,15H,3,6-8,10H2,1-2H3,(H,16,17,18). The average molecular weight is 247 g/mol. The van der Waals surface area contributed by atoms with Gasteiger partial charge in [0.1, 0.15) is 5.82 Å². The van der Waals surface area contributed by atoms with E-state index in [1.54, 1.807) is 6.20 Å². The average Bonchev–Trinajstić information content (AvgIpc) is 2.82. The molecule has 1 aliphatic rings. The van der Waals surface area contributed by atoms with Crippen molar-refractivity contribution >= 4 is 11.7 Å². The van der Waals surface area contributed by atoms with Crippen LogP contribution in [0.5, 0.6) is 0 Å². The molecule has 18 heavy (non-hydrogen) atoms. The molecule has 1 atom stereocenters. The van der Waals surface area contributed by atoms with Gasteiger partial charge < -0.3 is 10.6 Å². The lowest BCUT2D eigenvalue weighted by atomic mass is 9.81. The highest BCUT2D eigenvalue weighted by atomic mass is 16.2. The first-order valence-electron chi connectivity index (χ1n) is 6.61. The normalized spacial score (nSPS) is 23.0. The Morgan fingerprint density at radius 1 is 1.56 bits per heavy atom. The molecule has 1 unspecified atom stereocenters. The summed E-state index contributed by atoms with van der Waals surface area (Å²) in [6.07, 6.45) is 4.64. The molecule has 4 heteroatoms. The summed E-state index contributed by atoms with van der Waals surface area (Å²) in [6.45, 7) is 5.81. The van der Waals surface area contributed by atoms with E-state index >= 15 is 0 Å². The molecule has 1 aromatic rings. The topological polar surface area (TPSA) is 54.0 Å². The van der Waals surface area contributed by atoms with Gasteiger partial charge in [-0.15, -0.1) is 0 Å². The Labute approximate surface area is 108 Å². The summed E-state index contributed by atoms with van der Waals surface area (Å²) in [5, 5.41) is 6.24. The third-order valence-electron chi connectivity index (χ3n) is 3.61. The summed E-state index contributed by atoms with van der Waals surface area (Å²) in [5.74, 6) is 0.749. The highest BCUT2D eigenvalue weighted by Gasteiger charge is 2.40. The Bertz CT molecular complexity index is 408. The monoisotopic (exact) mass is 247 g/mol. The smallest absolute Gasteiger partial charge is 0.233 e. The molecule has 1 fully saturated rings. The maximum atomic E-state index is 12.4. The SMILES string of the molecule is CCCC1(C(=O)Nc2ccc(C)cn2)CCNC1. The van der Waals surface area contributed by atoms with Crippen LogP contribution >= 0.6 is 0 Å². The zero-order valence-corrected chi connectivity index (χ0v) is 11.1. The van der Waals surface area contributed by atoms with Crippen molar-refractivity contribution in [2.24, 2.45) is 5.41 Å². The molecule has 1 aliphatic heterocycles. The van der Waals surface area contributed by atoms with E-state index in [1.165, 1.54) is 0 Å². The van der Waals surface area contributed by atoms with Crippen molar-refractivity contribution < 1.29 is 4.79 Å². The van der Waals surface area contributed by atoms with Crippen molar-refractivity contribution in [3.63, 3.8) is 0 Å². The number of nitrogens with one attached hydrogen (secondary N) is 2. The molecule has 0 radical (unpaired) electrons. The molecule has 98 valence electrons.